The number of rotatable bonds is 2. The maximum absolute atomic E-state index is 8.36. The van der Waals surface area contributed by atoms with Crippen LogP contribution in [0.3, 0.4) is 0 Å². The predicted octanol–water partition coefficient (Wildman–Crippen LogP) is 11.4. The van der Waals surface area contributed by atoms with E-state index in [0.717, 1.165) is 32.5 Å². The van der Waals surface area contributed by atoms with Gasteiger partial charge in [0.05, 0.1) is 0 Å². The van der Waals surface area contributed by atoms with Crippen molar-refractivity contribution in [3.05, 3.63) is 132 Å². The third kappa shape index (κ3) is 2.66. The second kappa shape index (κ2) is 7.81. The maximum Gasteiger partial charge on any atom is 0.0280 e. The van der Waals surface area contributed by atoms with Gasteiger partial charge in [0.2, 0.25) is 0 Å². The van der Waals surface area contributed by atoms with Crippen LogP contribution in [0, 0.1) is 13.7 Å². The summed E-state index contributed by atoms with van der Waals surface area (Å²) in [5.41, 5.74) is 3.28. The highest BCUT2D eigenvalue weighted by atomic mass is 14.3. The van der Waals surface area contributed by atoms with Gasteiger partial charge in [0.25, 0.3) is 0 Å². The Morgan fingerprint density at radius 1 is 0.350 bits per heavy atom. The van der Waals surface area contributed by atoms with Crippen molar-refractivity contribution in [1.82, 2.24) is 0 Å². The molecular weight excluding hydrogens is 480 g/mol. The second-order valence-corrected chi connectivity index (χ2v) is 10.8. The number of aryl methyl sites for hydroxylation is 2. The summed E-state index contributed by atoms with van der Waals surface area (Å²) >= 11 is 0. The van der Waals surface area contributed by atoms with E-state index in [1.165, 1.54) is 61.5 Å². The third-order valence-corrected chi connectivity index (χ3v) is 8.80. The molecular formula is C40H26. The topological polar surface area (TPSA) is 0 Å². The van der Waals surface area contributed by atoms with Gasteiger partial charge in [-0.05, 0) is 112 Å². The lowest BCUT2D eigenvalue weighted by atomic mass is 9.90. The van der Waals surface area contributed by atoms with Gasteiger partial charge < -0.3 is 0 Å². The molecule has 0 aliphatic rings. The lowest BCUT2D eigenvalue weighted by molar-refractivity contribution is 1.39. The molecule has 0 unspecified atom stereocenters. The number of fused-ring (bicyclic) bond motifs is 7. The summed E-state index contributed by atoms with van der Waals surface area (Å²) in [5, 5.41) is 13.6. The van der Waals surface area contributed by atoms with Gasteiger partial charge in [-0.2, -0.15) is 0 Å². The molecule has 0 heterocycles. The van der Waals surface area contributed by atoms with E-state index in [4.69, 9.17) is 8.22 Å². The molecule has 0 atom stereocenters. The molecule has 186 valence electrons. The molecule has 9 aromatic rings. The van der Waals surface area contributed by atoms with Crippen LogP contribution in [0.25, 0.3) is 86.9 Å². The lowest BCUT2D eigenvalue weighted by Crippen LogP contribution is -1.89. The maximum atomic E-state index is 8.36. The van der Waals surface area contributed by atoms with Crippen molar-refractivity contribution in [3.63, 3.8) is 0 Å². The third-order valence-electron chi connectivity index (χ3n) is 8.80. The Balaban J connectivity index is 1.55. The fourth-order valence-electron chi connectivity index (χ4n) is 7.30. The van der Waals surface area contributed by atoms with Gasteiger partial charge in [-0.15, -0.1) is 0 Å². The Hall–Kier alpha value is -4.94. The van der Waals surface area contributed by atoms with E-state index < -0.39 is 13.7 Å². The summed E-state index contributed by atoms with van der Waals surface area (Å²) in [6.07, 6.45) is 0. The zero-order valence-electron chi connectivity index (χ0n) is 27.5. The number of benzene rings is 7. The fraction of sp³-hybridized carbons (Fsp3) is 0.0500. The second-order valence-electron chi connectivity index (χ2n) is 10.8. The van der Waals surface area contributed by atoms with Gasteiger partial charge in [-0.25, -0.2) is 0 Å². The van der Waals surface area contributed by atoms with Crippen molar-refractivity contribution in [2.24, 2.45) is 0 Å². The molecule has 9 aromatic carbocycles. The summed E-state index contributed by atoms with van der Waals surface area (Å²) < 4.78 is 50.1. The minimum absolute atomic E-state index is 0.0465. The van der Waals surface area contributed by atoms with Crippen LogP contribution in [-0.2, 0) is 0 Å². The number of hydrogen-bond donors (Lipinski definition) is 0. The van der Waals surface area contributed by atoms with Crippen LogP contribution in [0.4, 0.5) is 0 Å². The van der Waals surface area contributed by atoms with Gasteiger partial charge in [0.15, 0.2) is 0 Å². The zero-order valence-corrected chi connectivity index (χ0v) is 21.5. The van der Waals surface area contributed by atoms with Crippen molar-refractivity contribution < 1.29 is 8.22 Å². The molecule has 0 aromatic heterocycles. The molecule has 0 aliphatic carbocycles. The lowest BCUT2D eigenvalue weighted by Gasteiger charge is -2.13. The SMILES string of the molecule is [2H]C([2H])([2H])c1cccc(C([2H])([2H])[2H])c1-c1ccc2c3c1cccc3c1c(-c3ccccc3)c3cccc4c5ccccc5c(c34)c21. The average Bonchev–Trinajstić information content (AvgIpc) is 3.56. The van der Waals surface area contributed by atoms with E-state index in [-0.39, 0.29) is 16.7 Å². The molecule has 0 amide bonds. The largest absolute Gasteiger partial charge is 0.0622 e. The quantitative estimate of drug-likeness (QED) is 0.216. The van der Waals surface area contributed by atoms with Gasteiger partial charge in [-0.1, -0.05) is 121 Å². The van der Waals surface area contributed by atoms with Crippen molar-refractivity contribution in [1.29, 1.82) is 0 Å². The predicted molar refractivity (Wildman–Crippen MR) is 174 cm³/mol. The van der Waals surface area contributed by atoms with Gasteiger partial charge in [0, 0.05) is 8.22 Å². The molecule has 0 fully saturated rings. The standard InChI is InChI=1S/C40H26/c1-23-11-8-12-24(2)34(23)30-21-22-33-36-29(30)18-10-20-32(36)39-35(25-13-4-3-5-14-25)31-19-9-17-27-26-15-6-7-16-28(26)38(37(27)31)40(33)39/h3-22H,1-2H3/i1D3,2D3. The normalized spacial score (nSPS) is 15.1. The summed E-state index contributed by atoms with van der Waals surface area (Å²) in [4.78, 5) is 0. The number of hydrogen-bond acceptors (Lipinski definition) is 0. The van der Waals surface area contributed by atoms with Crippen LogP contribution in [0.2, 0.25) is 0 Å². The minimum Gasteiger partial charge on any atom is -0.0622 e. The van der Waals surface area contributed by atoms with Crippen molar-refractivity contribution in [3.8, 4) is 22.3 Å². The van der Waals surface area contributed by atoms with Crippen LogP contribution in [-0.4, -0.2) is 0 Å². The highest BCUT2D eigenvalue weighted by Gasteiger charge is 2.25. The fourth-order valence-corrected chi connectivity index (χ4v) is 7.30. The highest BCUT2D eigenvalue weighted by molar-refractivity contribution is 6.48. The summed E-state index contributed by atoms with van der Waals surface area (Å²) in [7, 11) is 0. The van der Waals surface area contributed by atoms with E-state index >= 15 is 0 Å². The van der Waals surface area contributed by atoms with Crippen LogP contribution in [0.15, 0.2) is 121 Å². The molecule has 0 aliphatic heterocycles. The molecule has 0 heteroatoms. The zero-order chi connectivity index (χ0) is 31.5. The summed E-state index contributed by atoms with van der Waals surface area (Å²) in [5.74, 6) is 0. The molecule has 0 N–H and O–H groups in total. The summed E-state index contributed by atoms with van der Waals surface area (Å²) in [6.45, 7) is -4.99. The van der Waals surface area contributed by atoms with Crippen molar-refractivity contribution in [2.45, 2.75) is 13.7 Å². The average molecular weight is 513 g/mol. The van der Waals surface area contributed by atoms with Crippen molar-refractivity contribution in [2.75, 3.05) is 0 Å². The Kier molecular flexibility index (Phi) is 3.30. The molecule has 0 radical (unpaired) electrons. The first-order chi connectivity index (χ1) is 22.1. The molecule has 0 bridgehead atoms. The summed E-state index contributed by atoms with van der Waals surface area (Å²) in [6, 6.07) is 40.5. The van der Waals surface area contributed by atoms with Gasteiger partial charge in [0.1, 0.15) is 0 Å². The molecule has 0 spiro atoms. The van der Waals surface area contributed by atoms with Crippen LogP contribution < -0.4 is 0 Å². The van der Waals surface area contributed by atoms with Gasteiger partial charge in [-0.3, -0.25) is 0 Å². The first-order valence-corrected chi connectivity index (χ1v) is 13.6. The van der Waals surface area contributed by atoms with E-state index in [9.17, 15) is 0 Å². The highest BCUT2D eigenvalue weighted by Crippen LogP contribution is 2.53. The molecule has 9 rings (SSSR count). The Bertz CT molecular complexity index is 2610. The molecule has 40 heavy (non-hydrogen) atoms. The first-order valence-electron chi connectivity index (χ1n) is 16.6. The van der Waals surface area contributed by atoms with E-state index in [2.05, 4.69) is 78.9 Å². The molecule has 0 nitrogen and oxygen atoms in total. The van der Waals surface area contributed by atoms with E-state index in [0.29, 0.717) is 5.56 Å². The van der Waals surface area contributed by atoms with Crippen LogP contribution >= 0.6 is 0 Å². The van der Waals surface area contributed by atoms with E-state index in [1.807, 2.05) is 24.3 Å². The van der Waals surface area contributed by atoms with Crippen LogP contribution in [0.5, 0.6) is 0 Å². The Morgan fingerprint density at radius 3 is 1.73 bits per heavy atom. The Labute approximate surface area is 241 Å². The van der Waals surface area contributed by atoms with Crippen molar-refractivity contribution >= 4 is 64.6 Å². The molecule has 0 saturated carbocycles. The monoisotopic (exact) mass is 512 g/mol. The minimum atomic E-state index is -2.49. The van der Waals surface area contributed by atoms with Crippen LogP contribution in [0.1, 0.15) is 19.4 Å². The smallest absolute Gasteiger partial charge is 0.0280 e. The first kappa shape index (κ1) is 16.9. The van der Waals surface area contributed by atoms with E-state index in [1.54, 1.807) is 0 Å². The molecule has 0 saturated heterocycles. The Morgan fingerprint density at radius 2 is 0.925 bits per heavy atom. The van der Waals surface area contributed by atoms with Gasteiger partial charge >= 0.3 is 0 Å².